The Bertz CT molecular complexity index is 514. The van der Waals surface area contributed by atoms with Gasteiger partial charge in [-0.15, -0.1) is 0 Å². The number of methoxy groups -OCH3 is 1. The number of carbonyl (C=O) groups excluding carboxylic acids is 2. The van der Waals surface area contributed by atoms with Crippen LogP contribution in [0.25, 0.3) is 0 Å². The first-order valence-electron chi connectivity index (χ1n) is 8.21. The first kappa shape index (κ1) is 19.8. The van der Waals surface area contributed by atoms with Gasteiger partial charge < -0.3 is 19.7 Å². The summed E-state index contributed by atoms with van der Waals surface area (Å²) in [6.45, 7) is 7.56. The fraction of sp³-hybridized carbons (Fsp3) is 0.556. The molecule has 0 aliphatic heterocycles. The highest BCUT2D eigenvalue weighted by Crippen LogP contribution is 2.16. The summed E-state index contributed by atoms with van der Waals surface area (Å²) >= 11 is 0. The van der Waals surface area contributed by atoms with Crippen LogP contribution in [0.1, 0.15) is 27.2 Å². The molecule has 2 amide bonds. The van der Waals surface area contributed by atoms with Crippen molar-refractivity contribution in [1.82, 2.24) is 10.2 Å². The molecule has 0 aliphatic rings. The highest BCUT2D eigenvalue weighted by atomic mass is 16.5. The maximum atomic E-state index is 11.8. The van der Waals surface area contributed by atoms with Crippen LogP contribution >= 0.6 is 0 Å². The molecule has 0 radical (unpaired) electrons. The molecule has 0 bridgehead atoms. The van der Waals surface area contributed by atoms with Gasteiger partial charge in [0.25, 0.3) is 0 Å². The molecule has 0 heterocycles. The summed E-state index contributed by atoms with van der Waals surface area (Å²) in [5.41, 5.74) is 0. The number of benzene rings is 1. The van der Waals surface area contributed by atoms with Crippen LogP contribution in [0.4, 0.5) is 0 Å². The minimum absolute atomic E-state index is 0.000612. The highest BCUT2D eigenvalue weighted by Gasteiger charge is 2.12. The number of nitrogens with zero attached hydrogens (tertiary/aromatic N) is 1. The van der Waals surface area contributed by atoms with E-state index in [0.717, 1.165) is 11.5 Å². The molecule has 1 aromatic rings. The minimum atomic E-state index is -0.0802. The lowest BCUT2D eigenvalue weighted by Crippen LogP contribution is -2.36. The van der Waals surface area contributed by atoms with Gasteiger partial charge in [0.15, 0.2) is 0 Å². The number of amides is 2. The largest absolute Gasteiger partial charge is 0.497 e. The summed E-state index contributed by atoms with van der Waals surface area (Å²) < 4.78 is 10.6. The van der Waals surface area contributed by atoms with Crippen LogP contribution < -0.4 is 14.8 Å². The predicted octanol–water partition coefficient (Wildman–Crippen LogP) is 2.08. The van der Waals surface area contributed by atoms with Gasteiger partial charge in [0.05, 0.1) is 13.7 Å². The van der Waals surface area contributed by atoms with E-state index >= 15 is 0 Å². The SMILES string of the molecule is COc1ccc(OCCNC(=O)CCN(CC(C)C)C(C)=O)cc1. The van der Waals surface area contributed by atoms with Crippen LogP contribution in [0.2, 0.25) is 0 Å². The van der Waals surface area contributed by atoms with E-state index in [1.165, 1.54) is 6.92 Å². The van der Waals surface area contributed by atoms with Crippen molar-refractivity contribution in [3.05, 3.63) is 24.3 Å². The third kappa shape index (κ3) is 7.85. The zero-order valence-corrected chi connectivity index (χ0v) is 15.0. The fourth-order valence-corrected chi connectivity index (χ4v) is 2.17. The second-order valence-corrected chi connectivity index (χ2v) is 5.98. The molecule has 1 aromatic carbocycles. The molecule has 134 valence electrons. The molecule has 0 unspecified atom stereocenters. The van der Waals surface area contributed by atoms with Crippen LogP contribution in [0.5, 0.6) is 11.5 Å². The van der Waals surface area contributed by atoms with Crippen molar-refractivity contribution in [2.75, 3.05) is 33.4 Å². The second kappa shape index (κ2) is 10.5. The summed E-state index contributed by atoms with van der Waals surface area (Å²) in [7, 11) is 1.61. The Labute approximate surface area is 144 Å². The molecule has 1 rings (SSSR count). The molecule has 0 fully saturated rings. The summed E-state index contributed by atoms with van der Waals surface area (Å²) in [6.07, 6.45) is 0.300. The Morgan fingerprint density at radius 2 is 1.79 bits per heavy atom. The molecular formula is C18H28N2O4. The summed E-state index contributed by atoms with van der Waals surface area (Å²) in [5, 5.41) is 2.80. The molecule has 0 aromatic heterocycles. The lowest BCUT2D eigenvalue weighted by atomic mass is 10.2. The smallest absolute Gasteiger partial charge is 0.221 e. The number of hydrogen-bond acceptors (Lipinski definition) is 4. The van der Waals surface area contributed by atoms with Crippen LogP contribution in [-0.2, 0) is 9.59 Å². The van der Waals surface area contributed by atoms with Crippen molar-refractivity contribution >= 4 is 11.8 Å². The van der Waals surface area contributed by atoms with Gasteiger partial charge in [0, 0.05) is 26.4 Å². The van der Waals surface area contributed by atoms with Gasteiger partial charge in [-0.25, -0.2) is 0 Å². The third-order valence-electron chi connectivity index (χ3n) is 3.39. The summed E-state index contributed by atoms with van der Waals surface area (Å²) in [4.78, 5) is 25.1. The molecule has 6 nitrogen and oxygen atoms in total. The molecule has 0 aliphatic carbocycles. The van der Waals surface area contributed by atoms with E-state index in [9.17, 15) is 9.59 Å². The molecule has 0 atom stereocenters. The van der Waals surface area contributed by atoms with E-state index in [1.807, 2.05) is 38.1 Å². The van der Waals surface area contributed by atoms with E-state index < -0.39 is 0 Å². The zero-order chi connectivity index (χ0) is 17.9. The van der Waals surface area contributed by atoms with Gasteiger partial charge in [0.1, 0.15) is 18.1 Å². The topological polar surface area (TPSA) is 67.9 Å². The Balaban J connectivity index is 2.22. The van der Waals surface area contributed by atoms with Crippen molar-refractivity contribution in [1.29, 1.82) is 0 Å². The molecule has 0 spiro atoms. The highest BCUT2D eigenvalue weighted by molar-refractivity contribution is 5.78. The molecule has 0 saturated heterocycles. The van der Waals surface area contributed by atoms with Crippen molar-refractivity contribution in [2.45, 2.75) is 27.2 Å². The van der Waals surface area contributed by atoms with Crippen molar-refractivity contribution in [3.63, 3.8) is 0 Å². The van der Waals surface area contributed by atoms with E-state index in [1.54, 1.807) is 12.0 Å². The lowest BCUT2D eigenvalue weighted by molar-refractivity contribution is -0.130. The minimum Gasteiger partial charge on any atom is -0.497 e. The predicted molar refractivity (Wildman–Crippen MR) is 93.2 cm³/mol. The maximum absolute atomic E-state index is 11.8. The first-order valence-corrected chi connectivity index (χ1v) is 8.21. The van der Waals surface area contributed by atoms with Gasteiger partial charge in [-0.1, -0.05) is 13.8 Å². The number of nitrogens with one attached hydrogen (secondary N) is 1. The quantitative estimate of drug-likeness (QED) is 0.664. The van der Waals surface area contributed by atoms with Crippen molar-refractivity contribution in [3.8, 4) is 11.5 Å². The van der Waals surface area contributed by atoms with Crippen LogP contribution in [0, 0.1) is 5.92 Å². The van der Waals surface area contributed by atoms with E-state index in [0.29, 0.717) is 38.6 Å². The molecule has 1 N–H and O–H groups in total. The molecule has 6 heteroatoms. The van der Waals surface area contributed by atoms with Gasteiger partial charge in [-0.2, -0.15) is 0 Å². The Kier molecular flexibility index (Phi) is 8.68. The van der Waals surface area contributed by atoms with Gasteiger partial charge in [-0.3, -0.25) is 9.59 Å². The van der Waals surface area contributed by atoms with Crippen LogP contribution in [0.3, 0.4) is 0 Å². The molecular weight excluding hydrogens is 308 g/mol. The normalized spacial score (nSPS) is 10.4. The van der Waals surface area contributed by atoms with Crippen LogP contribution in [0.15, 0.2) is 24.3 Å². The standard InChI is InChI=1S/C18H28N2O4/c1-14(2)13-20(15(3)21)11-9-18(22)19-10-12-24-17-7-5-16(23-4)6-8-17/h5-8,14H,9-13H2,1-4H3,(H,19,22). The van der Waals surface area contributed by atoms with Gasteiger partial charge >= 0.3 is 0 Å². The van der Waals surface area contributed by atoms with E-state index in [-0.39, 0.29) is 11.8 Å². The number of rotatable bonds is 10. The summed E-state index contributed by atoms with van der Waals surface area (Å²) in [6, 6.07) is 7.27. The number of hydrogen-bond donors (Lipinski definition) is 1. The monoisotopic (exact) mass is 336 g/mol. The fourth-order valence-electron chi connectivity index (χ4n) is 2.17. The van der Waals surface area contributed by atoms with Crippen molar-refractivity contribution < 1.29 is 19.1 Å². The third-order valence-corrected chi connectivity index (χ3v) is 3.39. The molecule has 24 heavy (non-hydrogen) atoms. The second-order valence-electron chi connectivity index (χ2n) is 5.98. The lowest BCUT2D eigenvalue weighted by Gasteiger charge is -2.22. The zero-order valence-electron chi connectivity index (χ0n) is 15.0. The molecule has 0 saturated carbocycles. The Morgan fingerprint density at radius 1 is 1.17 bits per heavy atom. The average Bonchev–Trinajstić information content (AvgIpc) is 2.55. The number of ether oxygens (including phenoxy) is 2. The van der Waals surface area contributed by atoms with E-state index in [4.69, 9.17) is 9.47 Å². The number of carbonyl (C=O) groups is 2. The van der Waals surface area contributed by atoms with E-state index in [2.05, 4.69) is 5.32 Å². The van der Waals surface area contributed by atoms with Gasteiger partial charge in [0.2, 0.25) is 11.8 Å². The summed E-state index contributed by atoms with van der Waals surface area (Å²) in [5.74, 6) is 1.80. The first-order chi connectivity index (χ1) is 11.4. The average molecular weight is 336 g/mol. The van der Waals surface area contributed by atoms with Crippen molar-refractivity contribution in [2.24, 2.45) is 5.92 Å². The van der Waals surface area contributed by atoms with Crippen LogP contribution in [-0.4, -0.2) is 50.1 Å². The maximum Gasteiger partial charge on any atom is 0.221 e. The Morgan fingerprint density at radius 3 is 2.33 bits per heavy atom. The van der Waals surface area contributed by atoms with Gasteiger partial charge in [-0.05, 0) is 30.2 Å². The Hall–Kier alpha value is -2.24.